The predicted octanol–water partition coefficient (Wildman–Crippen LogP) is 7.01. The van der Waals surface area contributed by atoms with E-state index in [0.717, 1.165) is 61.4 Å². The molecule has 3 aliphatic rings. The summed E-state index contributed by atoms with van der Waals surface area (Å²) in [5.41, 5.74) is 3.39. The van der Waals surface area contributed by atoms with Crippen molar-refractivity contribution in [3.8, 4) is 11.5 Å². The molecule has 3 aliphatic heterocycles. The normalized spacial score (nSPS) is 21.8. The van der Waals surface area contributed by atoms with Crippen LogP contribution in [0.5, 0.6) is 11.5 Å². The topological polar surface area (TPSA) is 86.1 Å². The summed E-state index contributed by atoms with van der Waals surface area (Å²) in [4.78, 5) is 18.9. The maximum atomic E-state index is 15.6. The SMILES string of the molecule is [2H]C([2H])([2H])Oc1cc(Cl)ccc1[C@H]1C=C(F)c2cccc(C3CCN(Cc4nc5ccc(C(=O)O)cc5n4C[C@@H]4CCO4)CC3)c2O1. The number of nitrogens with zero attached hydrogens (tertiary/aromatic N) is 3. The highest BCUT2D eigenvalue weighted by Crippen LogP contribution is 2.46. The second-order valence-electron chi connectivity index (χ2n) is 11.5. The molecule has 0 unspecified atom stereocenters. The molecule has 7 rings (SSSR count). The molecule has 4 aromatic rings. The van der Waals surface area contributed by atoms with Gasteiger partial charge in [0.1, 0.15) is 29.3 Å². The summed E-state index contributed by atoms with van der Waals surface area (Å²) < 4.78 is 57.7. The van der Waals surface area contributed by atoms with Crippen LogP contribution in [0.1, 0.15) is 68.3 Å². The number of rotatable bonds is 8. The predicted molar refractivity (Wildman–Crippen MR) is 165 cm³/mol. The van der Waals surface area contributed by atoms with Crippen LogP contribution < -0.4 is 9.47 Å². The average Bonchev–Trinajstić information content (AvgIpc) is 3.34. The molecular formula is C34H33ClFN3O5. The van der Waals surface area contributed by atoms with Gasteiger partial charge in [0.05, 0.1) is 52.5 Å². The molecule has 8 nitrogen and oxygen atoms in total. The summed E-state index contributed by atoms with van der Waals surface area (Å²) in [5, 5.41) is 9.85. The van der Waals surface area contributed by atoms with E-state index in [0.29, 0.717) is 30.0 Å². The van der Waals surface area contributed by atoms with E-state index in [4.69, 9.17) is 34.9 Å². The fourth-order valence-corrected chi connectivity index (χ4v) is 6.59. The van der Waals surface area contributed by atoms with E-state index in [1.807, 2.05) is 12.1 Å². The van der Waals surface area contributed by atoms with E-state index in [1.165, 1.54) is 12.1 Å². The smallest absolute Gasteiger partial charge is 0.335 e. The molecule has 228 valence electrons. The number of carboxylic acids is 1. The lowest BCUT2D eigenvalue weighted by molar-refractivity contribution is -0.0592. The number of imidazole rings is 1. The summed E-state index contributed by atoms with van der Waals surface area (Å²) in [5.74, 6) is -0.00119. The number of carboxylic acid groups (broad SMARTS) is 1. The number of likely N-dealkylation sites (tertiary alicyclic amines) is 1. The number of ether oxygens (including phenoxy) is 3. The van der Waals surface area contributed by atoms with E-state index in [9.17, 15) is 9.90 Å². The lowest BCUT2D eigenvalue weighted by Crippen LogP contribution is -2.35. The van der Waals surface area contributed by atoms with Crippen molar-refractivity contribution in [2.45, 2.75) is 50.5 Å². The molecule has 0 bridgehead atoms. The minimum atomic E-state index is -2.72. The van der Waals surface area contributed by atoms with Crippen molar-refractivity contribution in [1.82, 2.24) is 14.5 Å². The zero-order chi connectivity index (χ0) is 32.9. The Morgan fingerprint density at radius 1 is 1.16 bits per heavy atom. The highest BCUT2D eigenvalue weighted by atomic mass is 35.5. The van der Waals surface area contributed by atoms with Gasteiger partial charge in [-0.2, -0.15) is 0 Å². The number of methoxy groups -OCH3 is 1. The molecule has 0 saturated carbocycles. The van der Waals surface area contributed by atoms with Crippen LogP contribution in [0.3, 0.4) is 0 Å². The number of benzene rings is 3. The summed E-state index contributed by atoms with van der Waals surface area (Å²) in [7, 11) is -2.72. The van der Waals surface area contributed by atoms with Gasteiger partial charge in [-0.15, -0.1) is 0 Å². The summed E-state index contributed by atoms with van der Waals surface area (Å²) in [6.07, 6.45) is 3.06. The van der Waals surface area contributed by atoms with E-state index in [2.05, 4.69) is 9.47 Å². The maximum Gasteiger partial charge on any atom is 0.335 e. The van der Waals surface area contributed by atoms with E-state index in [-0.39, 0.29) is 28.4 Å². The number of para-hydroxylation sites is 1. The molecule has 1 aromatic heterocycles. The zero-order valence-electron chi connectivity index (χ0n) is 26.8. The van der Waals surface area contributed by atoms with Crippen molar-refractivity contribution in [3.63, 3.8) is 0 Å². The van der Waals surface area contributed by atoms with Gasteiger partial charge in [-0.1, -0.05) is 23.7 Å². The third-order valence-electron chi connectivity index (χ3n) is 8.88. The van der Waals surface area contributed by atoms with Crippen LogP contribution in [0, 0.1) is 0 Å². The summed E-state index contributed by atoms with van der Waals surface area (Å²) in [6, 6.07) is 15.1. The fraction of sp³-hybridized carbons (Fsp3) is 0.353. The van der Waals surface area contributed by atoms with E-state index < -0.39 is 24.9 Å². The molecular weight excluding hydrogens is 585 g/mol. The highest BCUT2D eigenvalue weighted by molar-refractivity contribution is 6.30. The van der Waals surface area contributed by atoms with Gasteiger partial charge in [0, 0.05) is 17.2 Å². The molecule has 4 heterocycles. The molecule has 0 radical (unpaired) electrons. The van der Waals surface area contributed by atoms with Gasteiger partial charge in [0.15, 0.2) is 0 Å². The quantitative estimate of drug-likeness (QED) is 0.227. The van der Waals surface area contributed by atoms with Crippen molar-refractivity contribution >= 4 is 34.4 Å². The summed E-state index contributed by atoms with van der Waals surface area (Å²) in [6.45, 7) is 3.49. The number of piperidine rings is 1. The summed E-state index contributed by atoms with van der Waals surface area (Å²) >= 11 is 6.13. The van der Waals surface area contributed by atoms with Gasteiger partial charge >= 0.3 is 5.97 Å². The lowest BCUT2D eigenvalue weighted by Gasteiger charge is -2.34. The number of hydrogen-bond acceptors (Lipinski definition) is 6. The number of carbonyl (C=O) groups is 1. The van der Waals surface area contributed by atoms with Crippen molar-refractivity contribution in [2.24, 2.45) is 0 Å². The minimum absolute atomic E-state index is 0.00913. The van der Waals surface area contributed by atoms with Gasteiger partial charge < -0.3 is 23.9 Å². The van der Waals surface area contributed by atoms with E-state index >= 15 is 4.39 Å². The second-order valence-corrected chi connectivity index (χ2v) is 12.0. The Hall–Kier alpha value is -3.92. The Bertz CT molecular complexity index is 1870. The van der Waals surface area contributed by atoms with Crippen LogP contribution in [0.15, 0.2) is 60.7 Å². The highest BCUT2D eigenvalue weighted by Gasteiger charge is 2.31. The second kappa shape index (κ2) is 11.9. The zero-order valence-corrected chi connectivity index (χ0v) is 24.6. The Kier molecular flexibility index (Phi) is 6.86. The number of aromatic carboxylic acids is 1. The number of aromatic nitrogens is 2. The third-order valence-corrected chi connectivity index (χ3v) is 9.12. The molecule has 10 heteroatoms. The van der Waals surface area contributed by atoms with Crippen LogP contribution >= 0.6 is 11.6 Å². The molecule has 2 saturated heterocycles. The first-order valence-electron chi connectivity index (χ1n) is 16.2. The first-order chi connectivity index (χ1) is 22.5. The molecule has 0 amide bonds. The molecule has 0 spiro atoms. The molecule has 3 aromatic carbocycles. The van der Waals surface area contributed by atoms with Crippen LogP contribution in [0.25, 0.3) is 16.9 Å². The van der Waals surface area contributed by atoms with Gasteiger partial charge in [-0.25, -0.2) is 14.2 Å². The minimum Gasteiger partial charge on any atom is -0.496 e. The Morgan fingerprint density at radius 3 is 2.75 bits per heavy atom. The standard InChI is InChI=1S/C34H33ClFN3O5/c1-42-30-16-22(35)6-7-26(30)31-17-27(36)25-4-2-3-24(33(25)44-31)20-9-12-38(13-10-20)19-32-37-28-8-5-21(34(40)41)15-29(28)39(32)18-23-11-14-43-23/h2-8,15-17,20,23,31H,9-14,18-19H2,1H3,(H,40,41)/t23-,31+/m0/s1/i1D3. The first-order valence-corrected chi connectivity index (χ1v) is 15.1. The fourth-order valence-electron chi connectivity index (χ4n) is 6.43. The van der Waals surface area contributed by atoms with Crippen LogP contribution in [0.4, 0.5) is 4.39 Å². The van der Waals surface area contributed by atoms with E-state index in [1.54, 1.807) is 36.4 Å². The molecule has 0 aliphatic carbocycles. The molecule has 2 atom stereocenters. The third kappa shape index (κ3) is 5.44. The Morgan fingerprint density at radius 2 is 2.00 bits per heavy atom. The van der Waals surface area contributed by atoms with Gasteiger partial charge in [-0.3, -0.25) is 4.90 Å². The largest absolute Gasteiger partial charge is 0.496 e. The van der Waals surface area contributed by atoms with Crippen LogP contribution in [-0.4, -0.2) is 58.4 Å². The first kappa shape index (κ1) is 25.4. The Balaban J connectivity index is 1.10. The monoisotopic (exact) mass is 620 g/mol. The number of halogens is 2. The molecule has 44 heavy (non-hydrogen) atoms. The number of fused-ring (bicyclic) bond motifs is 2. The Labute approximate surface area is 263 Å². The maximum absolute atomic E-state index is 15.6. The molecule has 2 fully saturated rings. The molecule has 1 N–H and O–H groups in total. The number of hydrogen-bond donors (Lipinski definition) is 1. The lowest BCUT2D eigenvalue weighted by atomic mass is 9.86. The van der Waals surface area contributed by atoms with Crippen LogP contribution in [0.2, 0.25) is 5.02 Å². The van der Waals surface area contributed by atoms with Gasteiger partial charge in [-0.05, 0) is 92.4 Å². The van der Waals surface area contributed by atoms with Crippen molar-refractivity contribution < 1.29 is 32.6 Å². The van der Waals surface area contributed by atoms with Crippen LogP contribution in [-0.2, 0) is 17.8 Å². The van der Waals surface area contributed by atoms with Gasteiger partial charge in [0.2, 0.25) is 0 Å². The van der Waals surface area contributed by atoms with Crippen molar-refractivity contribution in [1.29, 1.82) is 0 Å². The van der Waals surface area contributed by atoms with Crippen molar-refractivity contribution in [2.75, 3.05) is 26.7 Å². The van der Waals surface area contributed by atoms with Crippen molar-refractivity contribution in [3.05, 3.63) is 93.8 Å². The van der Waals surface area contributed by atoms with Gasteiger partial charge in [0.25, 0.3) is 0 Å². The average molecular weight is 621 g/mol.